The second-order valence-electron chi connectivity index (χ2n) is 12.2. The zero-order valence-corrected chi connectivity index (χ0v) is 21.0. The summed E-state index contributed by atoms with van der Waals surface area (Å²) in [5.74, 6) is 3.82. The summed E-state index contributed by atoms with van der Waals surface area (Å²) in [4.78, 5) is 23.6. The number of esters is 1. The molecule has 0 amide bonds. The first kappa shape index (κ1) is 23.8. The van der Waals surface area contributed by atoms with Gasteiger partial charge in [-0.15, -0.1) is 0 Å². The van der Waals surface area contributed by atoms with Crippen LogP contribution in [0.5, 0.6) is 0 Å². The first-order valence-electron chi connectivity index (χ1n) is 13.1. The maximum Gasteiger partial charge on any atom is 0.302 e. The van der Waals surface area contributed by atoms with E-state index >= 15 is 0 Å². The van der Waals surface area contributed by atoms with Crippen molar-refractivity contribution in [2.45, 2.75) is 105 Å². The third-order valence-electron chi connectivity index (χ3n) is 10.5. The monoisotopic (exact) mass is 440 g/mol. The van der Waals surface area contributed by atoms with Crippen LogP contribution in [0.25, 0.3) is 0 Å². The van der Waals surface area contributed by atoms with Crippen molar-refractivity contribution in [2.24, 2.45) is 40.4 Å². The molecule has 0 radical (unpaired) electrons. The second-order valence-corrected chi connectivity index (χ2v) is 12.2. The van der Waals surface area contributed by atoms with Crippen molar-refractivity contribution in [3.05, 3.63) is 23.8 Å². The van der Waals surface area contributed by atoms with Crippen LogP contribution in [0.1, 0.15) is 98.8 Å². The number of carbonyl (C=O) groups excluding carboxylic acids is 2. The van der Waals surface area contributed by atoms with E-state index in [9.17, 15) is 9.59 Å². The minimum absolute atomic E-state index is 0.0795. The Labute approximate surface area is 195 Å². The minimum atomic E-state index is -0.141. The molecule has 4 aliphatic carbocycles. The average Bonchev–Trinajstić information content (AvgIpc) is 3.08. The third-order valence-corrected chi connectivity index (χ3v) is 10.5. The molecule has 0 aromatic rings. The van der Waals surface area contributed by atoms with Crippen LogP contribution in [0.15, 0.2) is 23.8 Å². The van der Waals surface area contributed by atoms with Gasteiger partial charge in [0.05, 0.1) is 0 Å². The molecule has 0 saturated heterocycles. The number of allylic oxidation sites excluding steroid dienone is 2. The molecule has 4 aliphatic rings. The minimum Gasteiger partial charge on any atom is -0.462 e. The largest absolute Gasteiger partial charge is 0.462 e. The Kier molecular flexibility index (Phi) is 6.51. The maximum absolute atomic E-state index is 12.1. The number of carbonyl (C=O) groups is 2. The summed E-state index contributed by atoms with van der Waals surface area (Å²) < 4.78 is 5.59. The topological polar surface area (TPSA) is 43.4 Å². The van der Waals surface area contributed by atoms with E-state index in [-0.39, 0.29) is 17.9 Å². The summed E-state index contributed by atoms with van der Waals surface area (Å²) in [5, 5.41) is 0. The van der Waals surface area contributed by atoms with Crippen LogP contribution in [0, 0.1) is 40.4 Å². The quantitative estimate of drug-likeness (QED) is 0.252. The van der Waals surface area contributed by atoms with E-state index in [2.05, 4.69) is 33.4 Å². The van der Waals surface area contributed by atoms with Gasteiger partial charge >= 0.3 is 5.97 Å². The standard InChI is InChI=1S/C29H44O3/c1-18(2)27(31)12-7-19(3)24-10-11-25-23-9-8-21-17-22(32-20(4)30)13-15-28(21,5)26(23)14-16-29(24,25)6/h8,19,22-26H,1,7,9-17H2,2-6H3/t19-,22+,23+,24-,25+,26+,28+,29-/m1/s1. The van der Waals surface area contributed by atoms with Crippen LogP contribution in [0.2, 0.25) is 0 Å². The van der Waals surface area contributed by atoms with Crippen LogP contribution >= 0.6 is 0 Å². The highest BCUT2D eigenvalue weighted by atomic mass is 16.5. The molecular weight excluding hydrogens is 396 g/mol. The lowest BCUT2D eigenvalue weighted by Gasteiger charge is -2.58. The van der Waals surface area contributed by atoms with Crippen molar-refractivity contribution in [2.75, 3.05) is 0 Å². The molecule has 0 spiro atoms. The van der Waals surface area contributed by atoms with E-state index in [1.54, 1.807) is 5.57 Å². The fourth-order valence-corrected chi connectivity index (χ4v) is 8.71. The van der Waals surface area contributed by atoms with Gasteiger partial charge in [0.1, 0.15) is 6.10 Å². The van der Waals surface area contributed by atoms with Gasteiger partial charge in [-0.3, -0.25) is 9.59 Å². The van der Waals surface area contributed by atoms with Gasteiger partial charge in [-0.05, 0) is 104 Å². The predicted octanol–water partition coefficient (Wildman–Crippen LogP) is 7.06. The van der Waals surface area contributed by atoms with E-state index in [0.717, 1.165) is 49.4 Å². The van der Waals surface area contributed by atoms with Crippen LogP contribution < -0.4 is 0 Å². The van der Waals surface area contributed by atoms with Crippen LogP contribution in [-0.4, -0.2) is 17.9 Å². The molecule has 0 aliphatic heterocycles. The first-order valence-corrected chi connectivity index (χ1v) is 13.1. The SMILES string of the molecule is C=C(C)C(=O)CC[C@@H](C)[C@H]1CC[C@H]2[C@@H]3CC=C4C[C@@H](OC(C)=O)CC[C@]4(C)[C@H]3CC[C@]12C. The molecule has 8 atom stereocenters. The Morgan fingerprint density at radius 1 is 1.12 bits per heavy atom. The zero-order valence-electron chi connectivity index (χ0n) is 21.0. The molecule has 3 saturated carbocycles. The summed E-state index contributed by atoms with van der Waals surface area (Å²) in [6.07, 6.45) is 14.0. The fraction of sp³-hybridized carbons (Fsp3) is 0.793. The van der Waals surface area contributed by atoms with Gasteiger partial charge in [-0.25, -0.2) is 0 Å². The van der Waals surface area contributed by atoms with Gasteiger partial charge in [0.15, 0.2) is 5.78 Å². The van der Waals surface area contributed by atoms with E-state index in [4.69, 9.17) is 4.74 Å². The van der Waals surface area contributed by atoms with Gasteiger partial charge in [0.25, 0.3) is 0 Å². The normalized spacial score (nSPS) is 41.5. The van der Waals surface area contributed by atoms with Crippen molar-refractivity contribution in [3.8, 4) is 0 Å². The Hall–Kier alpha value is -1.38. The number of rotatable bonds is 6. The number of ketones is 1. The highest BCUT2D eigenvalue weighted by molar-refractivity contribution is 5.94. The number of hydrogen-bond acceptors (Lipinski definition) is 3. The van der Waals surface area contributed by atoms with Gasteiger partial charge < -0.3 is 4.74 Å². The first-order chi connectivity index (χ1) is 15.1. The molecule has 0 aromatic heterocycles. The summed E-state index contributed by atoms with van der Waals surface area (Å²) in [7, 11) is 0. The Bertz CT molecular complexity index is 809. The van der Waals surface area contributed by atoms with Crippen LogP contribution in [0.4, 0.5) is 0 Å². The summed E-state index contributed by atoms with van der Waals surface area (Å²) >= 11 is 0. The summed E-state index contributed by atoms with van der Waals surface area (Å²) in [6, 6.07) is 0. The van der Waals surface area contributed by atoms with Crippen LogP contribution in [0.3, 0.4) is 0 Å². The molecular formula is C29H44O3. The molecule has 0 heterocycles. The van der Waals surface area contributed by atoms with E-state index < -0.39 is 0 Å². The molecule has 0 bridgehead atoms. The molecule has 3 fully saturated rings. The van der Waals surface area contributed by atoms with Gasteiger partial charge in [0, 0.05) is 19.8 Å². The second kappa shape index (κ2) is 8.76. The maximum atomic E-state index is 12.1. The highest BCUT2D eigenvalue weighted by Gasteiger charge is 2.59. The van der Waals surface area contributed by atoms with Crippen molar-refractivity contribution >= 4 is 11.8 Å². The van der Waals surface area contributed by atoms with Crippen molar-refractivity contribution in [3.63, 3.8) is 0 Å². The summed E-state index contributed by atoms with van der Waals surface area (Å²) in [5.41, 5.74) is 2.98. The van der Waals surface area contributed by atoms with E-state index in [1.807, 2.05) is 6.92 Å². The third kappa shape index (κ3) is 4.03. The molecule has 0 unspecified atom stereocenters. The lowest BCUT2D eigenvalue weighted by molar-refractivity contribution is -0.148. The lowest BCUT2D eigenvalue weighted by atomic mass is 9.47. The average molecular weight is 441 g/mol. The smallest absolute Gasteiger partial charge is 0.302 e. The zero-order chi connectivity index (χ0) is 23.3. The Morgan fingerprint density at radius 2 is 1.88 bits per heavy atom. The highest BCUT2D eigenvalue weighted by Crippen LogP contribution is 2.67. The predicted molar refractivity (Wildman–Crippen MR) is 129 cm³/mol. The summed E-state index contributed by atoms with van der Waals surface area (Å²) in [6.45, 7) is 14.7. The Balaban J connectivity index is 1.47. The van der Waals surface area contributed by atoms with Crippen molar-refractivity contribution < 1.29 is 14.3 Å². The van der Waals surface area contributed by atoms with Crippen LogP contribution in [-0.2, 0) is 14.3 Å². The number of fused-ring (bicyclic) bond motifs is 5. The lowest BCUT2D eigenvalue weighted by Crippen LogP contribution is -2.51. The van der Waals surface area contributed by atoms with E-state index in [1.165, 1.54) is 39.0 Å². The van der Waals surface area contributed by atoms with Gasteiger partial charge in [-0.2, -0.15) is 0 Å². The van der Waals surface area contributed by atoms with Gasteiger partial charge in [0.2, 0.25) is 0 Å². The Morgan fingerprint density at radius 3 is 2.56 bits per heavy atom. The van der Waals surface area contributed by atoms with Crippen molar-refractivity contribution in [1.29, 1.82) is 0 Å². The number of ether oxygens (including phenoxy) is 1. The van der Waals surface area contributed by atoms with Crippen molar-refractivity contribution in [1.82, 2.24) is 0 Å². The fourth-order valence-electron chi connectivity index (χ4n) is 8.71. The molecule has 0 aromatic carbocycles. The van der Waals surface area contributed by atoms with E-state index in [0.29, 0.717) is 28.7 Å². The molecule has 32 heavy (non-hydrogen) atoms. The molecule has 0 N–H and O–H groups in total. The molecule has 3 nitrogen and oxygen atoms in total. The number of Topliss-reactive ketones (excluding diaryl/α,β-unsaturated/α-hetero) is 1. The van der Waals surface area contributed by atoms with Gasteiger partial charge in [-0.1, -0.05) is 39.0 Å². The molecule has 3 heteroatoms. The number of hydrogen-bond donors (Lipinski definition) is 0. The molecule has 178 valence electrons. The molecule has 4 rings (SSSR count).